The molecule has 2 rings (SSSR count). The molecule has 2 heteroatoms. The average molecular weight is 178 g/mol. The molecule has 1 aromatic carbocycles. The molecule has 1 unspecified atom stereocenters. The second-order valence-corrected chi connectivity index (χ2v) is 3.54. The van der Waals surface area contributed by atoms with E-state index in [1.54, 1.807) is 25.1 Å². The summed E-state index contributed by atoms with van der Waals surface area (Å²) in [6, 6.07) is 5.24. The molecule has 0 radical (unpaired) electrons. The van der Waals surface area contributed by atoms with Gasteiger partial charge in [0.05, 0.1) is 0 Å². The van der Waals surface area contributed by atoms with Gasteiger partial charge in [-0.05, 0) is 24.5 Å². The van der Waals surface area contributed by atoms with Crippen molar-refractivity contribution < 1.29 is 9.18 Å². The van der Waals surface area contributed by atoms with Crippen molar-refractivity contribution >= 4 is 5.78 Å². The first-order valence-corrected chi connectivity index (χ1v) is 4.48. The number of Topliss-reactive ketones (excluding diaryl/α,β-unsaturated/α-hetero) is 1. The van der Waals surface area contributed by atoms with Gasteiger partial charge in [-0.3, -0.25) is 4.79 Å². The molecule has 0 bridgehead atoms. The minimum Gasteiger partial charge on any atom is -0.299 e. The molecule has 0 amide bonds. The molecule has 1 saturated carbocycles. The largest absolute Gasteiger partial charge is 0.299 e. The highest BCUT2D eigenvalue weighted by Crippen LogP contribution is 2.34. The highest BCUT2D eigenvalue weighted by Gasteiger charge is 2.31. The molecule has 1 aliphatic rings. The number of hydrogen-bond acceptors (Lipinski definition) is 1. The Balaban J connectivity index is 2.40. The Hall–Kier alpha value is -1.18. The molecule has 0 spiro atoms. The summed E-state index contributed by atoms with van der Waals surface area (Å²) in [7, 11) is 0. The highest BCUT2D eigenvalue weighted by molar-refractivity contribution is 5.91. The number of hydrogen-bond donors (Lipinski definition) is 0. The molecule has 1 fully saturated rings. The maximum atomic E-state index is 13.5. The van der Waals surface area contributed by atoms with Crippen LogP contribution in [0.4, 0.5) is 4.39 Å². The van der Waals surface area contributed by atoms with Crippen molar-refractivity contribution in [2.75, 3.05) is 0 Å². The van der Waals surface area contributed by atoms with Crippen molar-refractivity contribution in [2.24, 2.45) is 0 Å². The summed E-state index contributed by atoms with van der Waals surface area (Å²) in [6.45, 7) is 1.72. The molecule has 1 aromatic rings. The van der Waals surface area contributed by atoms with Gasteiger partial charge in [0.15, 0.2) is 0 Å². The summed E-state index contributed by atoms with van der Waals surface area (Å²) in [4.78, 5) is 11.1. The van der Waals surface area contributed by atoms with Gasteiger partial charge in [-0.15, -0.1) is 0 Å². The van der Waals surface area contributed by atoms with Crippen LogP contribution in [0.15, 0.2) is 18.2 Å². The Kier molecular flexibility index (Phi) is 1.91. The lowest BCUT2D eigenvalue weighted by Gasteiger charge is -2.24. The average Bonchev–Trinajstić information content (AvgIpc) is 2.10. The minimum absolute atomic E-state index is 0.167. The van der Waals surface area contributed by atoms with Crippen LogP contribution in [0.3, 0.4) is 0 Å². The first kappa shape index (κ1) is 8.42. The van der Waals surface area contributed by atoms with Crippen molar-refractivity contribution in [1.82, 2.24) is 0 Å². The zero-order valence-electron chi connectivity index (χ0n) is 7.51. The van der Waals surface area contributed by atoms with Crippen molar-refractivity contribution in [3.05, 3.63) is 35.1 Å². The van der Waals surface area contributed by atoms with E-state index in [9.17, 15) is 9.18 Å². The fraction of sp³-hybridized carbons (Fsp3) is 0.364. The van der Waals surface area contributed by atoms with E-state index < -0.39 is 0 Å². The van der Waals surface area contributed by atoms with Gasteiger partial charge in [0.2, 0.25) is 0 Å². The maximum absolute atomic E-state index is 13.5. The van der Waals surface area contributed by atoms with Gasteiger partial charge in [-0.2, -0.15) is 0 Å². The molecule has 0 aromatic heterocycles. The van der Waals surface area contributed by atoms with Gasteiger partial charge in [-0.1, -0.05) is 18.2 Å². The van der Waals surface area contributed by atoms with Crippen molar-refractivity contribution in [3.63, 3.8) is 0 Å². The second kappa shape index (κ2) is 2.95. The van der Waals surface area contributed by atoms with Crippen molar-refractivity contribution in [1.29, 1.82) is 0 Å². The van der Waals surface area contributed by atoms with Gasteiger partial charge in [0.1, 0.15) is 11.6 Å². The monoisotopic (exact) mass is 178 g/mol. The van der Waals surface area contributed by atoms with Crippen LogP contribution in [0.5, 0.6) is 0 Å². The predicted molar refractivity (Wildman–Crippen MR) is 48.1 cm³/mol. The molecule has 1 nitrogen and oxygen atoms in total. The molecular weight excluding hydrogens is 167 g/mol. The molecule has 0 N–H and O–H groups in total. The third-order valence-corrected chi connectivity index (χ3v) is 2.67. The van der Waals surface area contributed by atoms with Crippen molar-refractivity contribution in [3.8, 4) is 0 Å². The summed E-state index contributed by atoms with van der Waals surface area (Å²) in [6.07, 6.45) is 1.41. The Morgan fingerprint density at radius 1 is 1.46 bits per heavy atom. The summed E-state index contributed by atoms with van der Waals surface area (Å²) >= 11 is 0. The first-order chi connectivity index (χ1) is 6.20. The Labute approximate surface area is 76.6 Å². The number of ketones is 1. The van der Waals surface area contributed by atoms with Crippen LogP contribution in [-0.4, -0.2) is 5.78 Å². The number of benzene rings is 1. The fourth-order valence-electron chi connectivity index (χ4n) is 1.67. The predicted octanol–water partition coefficient (Wildman–Crippen LogP) is 2.58. The van der Waals surface area contributed by atoms with E-state index >= 15 is 0 Å². The summed E-state index contributed by atoms with van der Waals surface area (Å²) in [5.41, 5.74) is 1.20. The van der Waals surface area contributed by atoms with Crippen LogP contribution < -0.4 is 0 Å². The standard InChI is InChI=1S/C11H11FO/c1-7-3-2-4-9(11(7)12)8-5-6-10(8)13/h2-4,8H,5-6H2,1H3. The highest BCUT2D eigenvalue weighted by atomic mass is 19.1. The van der Waals surface area contributed by atoms with Crippen LogP contribution in [-0.2, 0) is 4.79 Å². The van der Waals surface area contributed by atoms with Crippen LogP contribution in [0.25, 0.3) is 0 Å². The summed E-state index contributed by atoms with van der Waals surface area (Å²) in [5, 5.41) is 0. The number of rotatable bonds is 1. The van der Waals surface area contributed by atoms with Gasteiger partial charge in [-0.25, -0.2) is 4.39 Å². The zero-order valence-corrected chi connectivity index (χ0v) is 7.51. The first-order valence-electron chi connectivity index (χ1n) is 4.48. The smallest absolute Gasteiger partial charge is 0.140 e. The summed E-state index contributed by atoms with van der Waals surface area (Å²) in [5.74, 6) is -0.204. The lowest BCUT2D eigenvalue weighted by molar-refractivity contribution is -0.125. The summed E-state index contributed by atoms with van der Waals surface area (Å²) < 4.78 is 13.5. The maximum Gasteiger partial charge on any atom is 0.140 e. The molecule has 68 valence electrons. The molecule has 0 aliphatic heterocycles. The van der Waals surface area contributed by atoms with Gasteiger partial charge >= 0.3 is 0 Å². The Morgan fingerprint density at radius 2 is 2.23 bits per heavy atom. The topological polar surface area (TPSA) is 17.1 Å². The molecule has 1 aliphatic carbocycles. The van der Waals surface area contributed by atoms with Crippen molar-refractivity contribution in [2.45, 2.75) is 25.7 Å². The number of halogens is 1. The van der Waals surface area contributed by atoms with Crippen LogP contribution in [0.1, 0.15) is 29.9 Å². The van der Waals surface area contributed by atoms with E-state index in [2.05, 4.69) is 0 Å². The SMILES string of the molecule is Cc1cccc(C2CCC2=O)c1F. The van der Waals surface area contributed by atoms with E-state index in [0.29, 0.717) is 17.5 Å². The van der Waals surface area contributed by atoms with E-state index in [1.807, 2.05) is 0 Å². The molecule has 0 heterocycles. The van der Waals surface area contributed by atoms with E-state index in [0.717, 1.165) is 6.42 Å². The van der Waals surface area contributed by atoms with Gasteiger partial charge < -0.3 is 0 Å². The Morgan fingerprint density at radius 3 is 2.77 bits per heavy atom. The van der Waals surface area contributed by atoms with Crippen LogP contribution in [0.2, 0.25) is 0 Å². The lowest BCUT2D eigenvalue weighted by Crippen LogP contribution is -2.24. The molecular formula is C11H11FO. The normalized spacial score (nSPS) is 21.4. The fourth-order valence-corrected chi connectivity index (χ4v) is 1.67. The van der Waals surface area contributed by atoms with Crippen LogP contribution in [0, 0.1) is 12.7 Å². The van der Waals surface area contributed by atoms with Gasteiger partial charge in [0.25, 0.3) is 0 Å². The van der Waals surface area contributed by atoms with E-state index in [-0.39, 0.29) is 17.5 Å². The molecule has 1 atom stereocenters. The third-order valence-electron chi connectivity index (χ3n) is 2.67. The van der Waals surface area contributed by atoms with E-state index in [4.69, 9.17) is 0 Å². The number of carbonyl (C=O) groups excluding carboxylic acids is 1. The van der Waals surface area contributed by atoms with Crippen LogP contribution >= 0.6 is 0 Å². The molecule has 13 heavy (non-hydrogen) atoms. The number of carbonyl (C=O) groups is 1. The minimum atomic E-state index is -0.208. The lowest BCUT2D eigenvalue weighted by atomic mass is 9.78. The van der Waals surface area contributed by atoms with Gasteiger partial charge in [0, 0.05) is 12.3 Å². The quantitative estimate of drug-likeness (QED) is 0.646. The Bertz CT molecular complexity index is 357. The zero-order chi connectivity index (χ0) is 9.42. The number of aryl methyl sites for hydroxylation is 1. The third kappa shape index (κ3) is 1.26. The second-order valence-electron chi connectivity index (χ2n) is 3.54. The molecule has 0 saturated heterocycles. The van der Waals surface area contributed by atoms with E-state index in [1.165, 1.54) is 0 Å².